The average molecular weight is 295 g/mol. The summed E-state index contributed by atoms with van der Waals surface area (Å²) in [5, 5.41) is 0. The largest absolute Gasteiger partial charge is 0.493 e. The van der Waals surface area contributed by atoms with E-state index in [4.69, 9.17) is 9.47 Å². The van der Waals surface area contributed by atoms with Gasteiger partial charge in [-0.3, -0.25) is 4.90 Å². The van der Waals surface area contributed by atoms with Crippen LogP contribution in [0, 0.1) is 0 Å². The molecule has 0 aromatic heterocycles. The van der Waals surface area contributed by atoms with Crippen molar-refractivity contribution in [1.29, 1.82) is 0 Å². The predicted octanol–water partition coefficient (Wildman–Crippen LogP) is 3.40. The molecule has 0 aliphatic carbocycles. The van der Waals surface area contributed by atoms with Crippen LogP contribution in [0.1, 0.15) is 23.6 Å². The monoisotopic (exact) mass is 295 g/mol. The Balaban J connectivity index is 1.55. The lowest BCUT2D eigenvalue weighted by molar-refractivity contribution is 0.156. The summed E-state index contributed by atoms with van der Waals surface area (Å²) >= 11 is 0. The zero-order valence-corrected chi connectivity index (χ0v) is 12.9. The molecule has 0 saturated heterocycles. The molecular weight excluding hydrogens is 274 g/mol. The summed E-state index contributed by atoms with van der Waals surface area (Å²) < 4.78 is 11.6. The quantitative estimate of drug-likeness (QED) is 0.847. The van der Waals surface area contributed by atoms with Gasteiger partial charge in [0.2, 0.25) is 0 Å². The Hall–Kier alpha value is -2.00. The molecule has 2 aliphatic heterocycles. The van der Waals surface area contributed by atoms with Crippen molar-refractivity contribution < 1.29 is 9.47 Å². The van der Waals surface area contributed by atoms with E-state index in [-0.39, 0.29) is 6.10 Å². The lowest BCUT2D eigenvalue weighted by Crippen LogP contribution is -2.30. The smallest absolute Gasteiger partial charge is 0.124 e. The van der Waals surface area contributed by atoms with Crippen molar-refractivity contribution in [3.63, 3.8) is 0 Å². The summed E-state index contributed by atoms with van der Waals surface area (Å²) in [4.78, 5) is 2.47. The number of hydrogen-bond donors (Lipinski definition) is 0. The zero-order valence-electron chi connectivity index (χ0n) is 12.9. The lowest BCUT2D eigenvalue weighted by Gasteiger charge is -2.22. The van der Waals surface area contributed by atoms with Crippen LogP contribution in [0.15, 0.2) is 42.5 Å². The number of ether oxygens (including phenoxy) is 2. The van der Waals surface area contributed by atoms with Gasteiger partial charge in [-0.25, -0.2) is 0 Å². The number of rotatable bonds is 2. The Labute approximate surface area is 131 Å². The number of hydrogen-bond acceptors (Lipinski definition) is 3. The highest BCUT2D eigenvalue weighted by Crippen LogP contribution is 2.28. The minimum atomic E-state index is 0.210. The van der Waals surface area contributed by atoms with E-state index in [0.717, 1.165) is 44.2 Å². The zero-order chi connectivity index (χ0) is 14.9. The van der Waals surface area contributed by atoms with Crippen molar-refractivity contribution in [2.75, 3.05) is 13.2 Å². The highest BCUT2D eigenvalue weighted by Gasteiger charge is 2.20. The van der Waals surface area contributed by atoms with Crippen molar-refractivity contribution in [3.05, 3.63) is 59.2 Å². The maximum atomic E-state index is 6.04. The van der Waals surface area contributed by atoms with Crippen LogP contribution in [0.5, 0.6) is 11.5 Å². The van der Waals surface area contributed by atoms with Crippen LogP contribution in [0.25, 0.3) is 0 Å². The van der Waals surface area contributed by atoms with E-state index in [0.29, 0.717) is 0 Å². The van der Waals surface area contributed by atoms with Crippen molar-refractivity contribution >= 4 is 0 Å². The third-order valence-corrected chi connectivity index (χ3v) is 4.37. The molecule has 0 spiro atoms. The maximum absolute atomic E-state index is 6.04. The molecule has 114 valence electrons. The molecule has 0 saturated carbocycles. The second-order valence-electron chi connectivity index (χ2n) is 6.25. The molecule has 2 heterocycles. The van der Waals surface area contributed by atoms with Crippen LogP contribution in [0.3, 0.4) is 0 Å². The molecule has 0 radical (unpaired) electrons. The molecule has 3 nitrogen and oxygen atoms in total. The second kappa shape index (κ2) is 5.65. The van der Waals surface area contributed by atoms with Crippen LogP contribution in [-0.4, -0.2) is 24.2 Å². The summed E-state index contributed by atoms with van der Waals surface area (Å²) in [7, 11) is 0. The van der Waals surface area contributed by atoms with E-state index < -0.39 is 0 Å². The van der Waals surface area contributed by atoms with Gasteiger partial charge >= 0.3 is 0 Å². The molecule has 1 unspecified atom stereocenters. The van der Waals surface area contributed by atoms with Gasteiger partial charge in [-0.05, 0) is 30.2 Å². The Morgan fingerprint density at radius 2 is 2.00 bits per heavy atom. The van der Waals surface area contributed by atoms with Crippen LogP contribution in [0.2, 0.25) is 0 Å². The van der Waals surface area contributed by atoms with Crippen LogP contribution < -0.4 is 9.47 Å². The predicted molar refractivity (Wildman–Crippen MR) is 86.3 cm³/mol. The van der Waals surface area contributed by atoms with Crippen molar-refractivity contribution in [3.8, 4) is 11.5 Å². The van der Waals surface area contributed by atoms with Gasteiger partial charge in [0, 0.05) is 31.6 Å². The van der Waals surface area contributed by atoms with Gasteiger partial charge in [0.05, 0.1) is 6.61 Å². The highest BCUT2D eigenvalue weighted by atomic mass is 16.5. The van der Waals surface area contributed by atoms with Gasteiger partial charge in [-0.15, -0.1) is 0 Å². The van der Waals surface area contributed by atoms with Crippen molar-refractivity contribution in [2.24, 2.45) is 0 Å². The fourth-order valence-electron chi connectivity index (χ4n) is 3.39. The molecule has 2 aromatic carbocycles. The SMILES string of the molecule is CC1CN(Cc2ccc3c(c2)CCO3)Cc2ccccc2O1. The van der Waals surface area contributed by atoms with Gasteiger partial charge in [-0.2, -0.15) is 0 Å². The maximum Gasteiger partial charge on any atom is 0.124 e. The Morgan fingerprint density at radius 1 is 1.09 bits per heavy atom. The topological polar surface area (TPSA) is 21.7 Å². The van der Waals surface area contributed by atoms with Crippen LogP contribution >= 0.6 is 0 Å². The standard InChI is InChI=1S/C19H21NO2/c1-14-11-20(13-17-4-2-3-5-19(17)22-14)12-15-6-7-18-16(10-15)8-9-21-18/h2-7,10,14H,8-9,11-13H2,1H3. The molecule has 0 amide bonds. The van der Waals surface area contributed by atoms with Crippen molar-refractivity contribution in [1.82, 2.24) is 4.90 Å². The molecule has 22 heavy (non-hydrogen) atoms. The summed E-state index contributed by atoms with van der Waals surface area (Å²) in [6.07, 6.45) is 1.24. The van der Waals surface area contributed by atoms with Gasteiger partial charge in [-0.1, -0.05) is 30.3 Å². The van der Waals surface area contributed by atoms with Crippen LogP contribution in [-0.2, 0) is 19.5 Å². The Morgan fingerprint density at radius 3 is 2.95 bits per heavy atom. The first-order valence-corrected chi connectivity index (χ1v) is 7.99. The molecular formula is C19H21NO2. The molecule has 1 atom stereocenters. The molecule has 3 heteroatoms. The number of para-hydroxylation sites is 1. The highest BCUT2D eigenvalue weighted by molar-refractivity contribution is 5.40. The van der Waals surface area contributed by atoms with E-state index >= 15 is 0 Å². The summed E-state index contributed by atoms with van der Waals surface area (Å²) in [5.74, 6) is 2.08. The minimum absolute atomic E-state index is 0.210. The van der Waals surface area contributed by atoms with E-state index in [1.807, 2.05) is 6.07 Å². The van der Waals surface area contributed by atoms with E-state index in [2.05, 4.69) is 48.2 Å². The summed E-state index contributed by atoms with van der Waals surface area (Å²) in [5.41, 5.74) is 3.98. The fraction of sp³-hybridized carbons (Fsp3) is 0.368. The Kier molecular flexibility index (Phi) is 3.51. The number of fused-ring (bicyclic) bond motifs is 2. The first-order valence-electron chi connectivity index (χ1n) is 7.99. The lowest BCUT2D eigenvalue weighted by atomic mass is 10.1. The van der Waals surface area contributed by atoms with Gasteiger partial charge in [0.15, 0.2) is 0 Å². The Bertz CT molecular complexity index is 683. The van der Waals surface area contributed by atoms with Crippen molar-refractivity contribution in [2.45, 2.75) is 32.5 Å². The summed E-state index contributed by atoms with van der Waals surface area (Å²) in [6.45, 7) is 5.80. The van der Waals surface area contributed by atoms with E-state index in [9.17, 15) is 0 Å². The molecule has 0 bridgehead atoms. The molecule has 4 rings (SSSR count). The third-order valence-electron chi connectivity index (χ3n) is 4.37. The van der Waals surface area contributed by atoms with Crippen LogP contribution in [0.4, 0.5) is 0 Å². The number of nitrogens with zero attached hydrogens (tertiary/aromatic N) is 1. The van der Waals surface area contributed by atoms with Gasteiger partial charge < -0.3 is 9.47 Å². The van der Waals surface area contributed by atoms with Gasteiger partial charge in [0.1, 0.15) is 17.6 Å². The molecule has 0 fully saturated rings. The minimum Gasteiger partial charge on any atom is -0.493 e. The third kappa shape index (κ3) is 2.69. The summed E-state index contributed by atoms with van der Waals surface area (Å²) in [6, 6.07) is 15.0. The molecule has 2 aromatic rings. The first kappa shape index (κ1) is 13.6. The van der Waals surface area contributed by atoms with E-state index in [1.165, 1.54) is 16.7 Å². The average Bonchev–Trinajstić information content (AvgIpc) is 2.90. The van der Waals surface area contributed by atoms with E-state index in [1.54, 1.807) is 0 Å². The molecule has 2 aliphatic rings. The normalized spacial score (nSPS) is 20.5. The first-order chi connectivity index (χ1) is 10.8. The number of benzene rings is 2. The van der Waals surface area contributed by atoms with Gasteiger partial charge in [0.25, 0.3) is 0 Å². The molecule has 0 N–H and O–H groups in total. The fourth-order valence-corrected chi connectivity index (χ4v) is 3.39. The second-order valence-corrected chi connectivity index (χ2v) is 6.25.